The molecule has 1 aromatic heterocycles. The van der Waals surface area contributed by atoms with Crippen molar-refractivity contribution in [3.05, 3.63) is 70.9 Å². The molecule has 3 aromatic rings. The van der Waals surface area contributed by atoms with Gasteiger partial charge in [0, 0.05) is 17.9 Å². The predicted octanol–water partition coefficient (Wildman–Crippen LogP) is 3.97. The fourth-order valence-corrected chi connectivity index (χ4v) is 3.58. The summed E-state index contributed by atoms with van der Waals surface area (Å²) < 4.78 is 7.07. The van der Waals surface area contributed by atoms with Crippen molar-refractivity contribution < 1.29 is 9.53 Å². The summed E-state index contributed by atoms with van der Waals surface area (Å²) in [4.78, 5) is 12.4. The average Bonchev–Trinajstić information content (AvgIpc) is 3.04. The Morgan fingerprint density at radius 2 is 1.92 bits per heavy atom. The van der Waals surface area contributed by atoms with E-state index >= 15 is 0 Å². The van der Waals surface area contributed by atoms with Crippen LogP contribution in [0, 0.1) is 13.8 Å². The molecule has 1 unspecified atom stereocenters. The van der Waals surface area contributed by atoms with E-state index in [1.54, 1.807) is 7.11 Å². The minimum absolute atomic E-state index is 0.00447. The van der Waals surface area contributed by atoms with Crippen LogP contribution in [0.3, 0.4) is 0 Å². The van der Waals surface area contributed by atoms with E-state index in [0.29, 0.717) is 6.42 Å². The number of rotatable bonds is 3. The zero-order valence-corrected chi connectivity index (χ0v) is 15.1. The summed E-state index contributed by atoms with van der Waals surface area (Å²) in [5, 5.41) is 7.59. The maximum Gasteiger partial charge on any atom is 0.226 e. The molecule has 2 aromatic carbocycles. The van der Waals surface area contributed by atoms with Crippen LogP contribution in [0.4, 0.5) is 5.82 Å². The highest BCUT2D eigenvalue weighted by Gasteiger charge is 2.30. The molecular weight excluding hydrogens is 326 g/mol. The SMILES string of the molecule is COc1ccc(C2CC(=O)Nc3c2cnn3-c2ccc(C)cc2C)cc1. The van der Waals surface area contributed by atoms with Gasteiger partial charge in [-0.05, 0) is 43.2 Å². The molecule has 0 saturated heterocycles. The zero-order chi connectivity index (χ0) is 18.3. The van der Waals surface area contributed by atoms with Crippen molar-refractivity contribution in [2.45, 2.75) is 26.2 Å². The second-order valence-electron chi connectivity index (χ2n) is 6.73. The van der Waals surface area contributed by atoms with Gasteiger partial charge in [0.1, 0.15) is 11.6 Å². The van der Waals surface area contributed by atoms with E-state index in [2.05, 4.69) is 36.4 Å². The lowest BCUT2D eigenvalue weighted by molar-refractivity contribution is -0.116. The number of hydrogen-bond acceptors (Lipinski definition) is 3. The van der Waals surface area contributed by atoms with Gasteiger partial charge >= 0.3 is 0 Å². The Bertz CT molecular complexity index is 973. The molecule has 0 fully saturated rings. The van der Waals surface area contributed by atoms with E-state index in [4.69, 9.17) is 4.74 Å². The number of aromatic nitrogens is 2. The number of benzene rings is 2. The van der Waals surface area contributed by atoms with Crippen LogP contribution >= 0.6 is 0 Å². The second-order valence-corrected chi connectivity index (χ2v) is 6.73. The summed E-state index contributed by atoms with van der Waals surface area (Å²) in [5.41, 5.74) is 5.42. The van der Waals surface area contributed by atoms with E-state index in [1.807, 2.05) is 41.2 Å². The maximum atomic E-state index is 12.4. The summed E-state index contributed by atoms with van der Waals surface area (Å²) in [5.74, 6) is 1.56. The largest absolute Gasteiger partial charge is 0.497 e. The molecule has 26 heavy (non-hydrogen) atoms. The molecular formula is C21H21N3O2. The average molecular weight is 347 g/mol. The van der Waals surface area contributed by atoms with E-state index in [0.717, 1.165) is 33.9 Å². The van der Waals surface area contributed by atoms with Crippen LogP contribution in [-0.2, 0) is 4.79 Å². The first kappa shape index (κ1) is 16.4. The minimum atomic E-state index is -0.0100. The van der Waals surface area contributed by atoms with Crippen LogP contribution in [-0.4, -0.2) is 22.8 Å². The number of carbonyl (C=O) groups excluding carboxylic acids is 1. The Kier molecular flexibility index (Phi) is 3.99. The molecule has 0 spiro atoms. The van der Waals surface area contributed by atoms with Gasteiger partial charge in [-0.1, -0.05) is 29.8 Å². The molecule has 0 bridgehead atoms. The minimum Gasteiger partial charge on any atom is -0.497 e. The highest BCUT2D eigenvalue weighted by Crippen LogP contribution is 2.38. The van der Waals surface area contributed by atoms with Crippen molar-refractivity contribution in [2.75, 3.05) is 12.4 Å². The Morgan fingerprint density at radius 1 is 1.15 bits per heavy atom. The molecule has 132 valence electrons. The molecule has 0 radical (unpaired) electrons. The normalized spacial score (nSPS) is 16.1. The first-order chi connectivity index (χ1) is 12.6. The number of ether oxygens (including phenoxy) is 1. The van der Waals surface area contributed by atoms with Crippen LogP contribution in [0.25, 0.3) is 5.69 Å². The molecule has 2 heterocycles. The number of fused-ring (bicyclic) bond motifs is 1. The van der Waals surface area contributed by atoms with Gasteiger partial charge in [0.2, 0.25) is 5.91 Å². The lowest BCUT2D eigenvalue weighted by atomic mass is 9.87. The number of amides is 1. The van der Waals surface area contributed by atoms with Crippen LogP contribution in [0.1, 0.15) is 34.6 Å². The third kappa shape index (κ3) is 2.75. The van der Waals surface area contributed by atoms with Gasteiger partial charge in [-0.25, -0.2) is 4.68 Å². The Hall–Kier alpha value is -3.08. The van der Waals surface area contributed by atoms with E-state index < -0.39 is 0 Å². The summed E-state index contributed by atoms with van der Waals surface area (Å²) >= 11 is 0. The second kappa shape index (κ2) is 6.33. The van der Waals surface area contributed by atoms with E-state index in [1.165, 1.54) is 5.56 Å². The highest BCUT2D eigenvalue weighted by molar-refractivity contribution is 5.94. The first-order valence-electron chi connectivity index (χ1n) is 8.66. The summed E-state index contributed by atoms with van der Waals surface area (Å²) in [7, 11) is 1.65. The van der Waals surface area contributed by atoms with Crippen LogP contribution < -0.4 is 10.1 Å². The number of anilines is 1. The number of nitrogens with one attached hydrogen (secondary N) is 1. The fourth-order valence-electron chi connectivity index (χ4n) is 3.58. The molecule has 1 aliphatic heterocycles. The quantitative estimate of drug-likeness (QED) is 0.780. The third-order valence-electron chi connectivity index (χ3n) is 4.92. The number of methoxy groups -OCH3 is 1. The molecule has 0 saturated carbocycles. The van der Waals surface area contributed by atoms with Crippen LogP contribution in [0.2, 0.25) is 0 Å². The standard InChI is InChI=1S/C21H21N3O2/c1-13-4-9-19(14(2)10-13)24-21-18(12-22-24)17(11-20(25)23-21)15-5-7-16(26-3)8-6-15/h4-10,12,17H,11H2,1-3H3,(H,23,25). The van der Waals surface area contributed by atoms with Gasteiger partial charge in [0.15, 0.2) is 0 Å². The van der Waals surface area contributed by atoms with Gasteiger partial charge in [-0.15, -0.1) is 0 Å². The fraction of sp³-hybridized carbons (Fsp3) is 0.238. The van der Waals surface area contributed by atoms with E-state index in [9.17, 15) is 4.79 Å². The smallest absolute Gasteiger partial charge is 0.226 e. The molecule has 1 amide bonds. The van der Waals surface area contributed by atoms with Gasteiger partial charge in [-0.2, -0.15) is 5.10 Å². The van der Waals surface area contributed by atoms with Gasteiger partial charge < -0.3 is 10.1 Å². The lowest BCUT2D eigenvalue weighted by Gasteiger charge is -2.24. The van der Waals surface area contributed by atoms with Crippen molar-refractivity contribution in [1.29, 1.82) is 0 Å². The van der Waals surface area contributed by atoms with Gasteiger partial charge in [0.25, 0.3) is 0 Å². The predicted molar refractivity (Wildman–Crippen MR) is 101 cm³/mol. The van der Waals surface area contributed by atoms with Gasteiger partial charge in [-0.3, -0.25) is 4.79 Å². The first-order valence-corrected chi connectivity index (χ1v) is 8.66. The molecule has 5 nitrogen and oxygen atoms in total. The molecule has 1 N–H and O–H groups in total. The summed E-state index contributed by atoms with van der Waals surface area (Å²) in [6.07, 6.45) is 2.28. The monoisotopic (exact) mass is 347 g/mol. The van der Waals surface area contributed by atoms with Crippen molar-refractivity contribution in [3.8, 4) is 11.4 Å². The Labute approximate surface area is 152 Å². The summed E-state index contributed by atoms with van der Waals surface area (Å²) in [6, 6.07) is 14.1. The highest BCUT2D eigenvalue weighted by atomic mass is 16.5. The molecule has 1 atom stereocenters. The van der Waals surface area contributed by atoms with E-state index in [-0.39, 0.29) is 11.8 Å². The Balaban J connectivity index is 1.79. The molecule has 0 aliphatic carbocycles. The molecule has 4 rings (SSSR count). The number of nitrogens with zero attached hydrogens (tertiary/aromatic N) is 2. The van der Waals surface area contributed by atoms with Crippen LogP contribution in [0.15, 0.2) is 48.7 Å². The van der Waals surface area contributed by atoms with Crippen molar-refractivity contribution >= 4 is 11.7 Å². The molecule has 5 heteroatoms. The number of carbonyl (C=O) groups is 1. The van der Waals surface area contributed by atoms with Crippen LogP contribution in [0.5, 0.6) is 5.75 Å². The number of aryl methyl sites for hydroxylation is 2. The lowest BCUT2D eigenvalue weighted by Crippen LogP contribution is -2.24. The van der Waals surface area contributed by atoms with Gasteiger partial charge in [0.05, 0.1) is 19.0 Å². The third-order valence-corrected chi connectivity index (χ3v) is 4.92. The number of hydrogen-bond donors (Lipinski definition) is 1. The summed E-state index contributed by atoms with van der Waals surface area (Å²) in [6.45, 7) is 4.12. The van der Waals surface area contributed by atoms with Crippen molar-refractivity contribution in [3.63, 3.8) is 0 Å². The maximum absolute atomic E-state index is 12.4. The Morgan fingerprint density at radius 3 is 2.62 bits per heavy atom. The zero-order valence-electron chi connectivity index (χ0n) is 15.1. The topological polar surface area (TPSA) is 56.1 Å². The molecule has 1 aliphatic rings. The van der Waals surface area contributed by atoms with Crippen molar-refractivity contribution in [2.24, 2.45) is 0 Å². The van der Waals surface area contributed by atoms with Crippen molar-refractivity contribution in [1.82, 2.24) is 9.78 Å².